The maximum atomic E-state index is 11.1. The molecule has 3 N–H and O–H groups in total. The number of aromatic nitrogens is 1. The third kappa shape index (κ3) is 4.01. The van der Waals surface area contributed by atoms with Crippen molar-refractivity contribution in [3.63, 3.8) is 0 Å². The third-order valence-electron chi connectivity index (χ3n) is 4.37. The molecule has 0 amide bonds. The molecule has 1 aromatic carbocycles. The van der Waals surface area contributed by atoms with Crippen LogP contribution in [0.2, 0.25) is 0 Å². The normalized spacial score (nSPS) is 17.0. The Bertz CT molecular complexity index is 859. The number of hydrazine groups is 1. The first-order valence-corrected chi connectivity index (χ1v) is 8.82. The molecule has 0 bridgehead atoms. The van der Waals surface area contributed by atoms with E-state index in [0.29, 0.717) is 18.3 Å². The number of allylic oxidation sites excluding steroid dienone is 2. The SMILES string of the molecule is CCN(c1ncc(-c2cccc(N(N)C3N=CC=C(C)N3)c2)o1)C(C)C=O. The van der Waals surface area contributed by atoms with Crippen LogP contribution in [-0.4, -0.2) is 36.4 Å². The molecule has 0 aliphatic carbocycles. The standard InChI is InChI=1S/C19H24N6O2/c1-4-24(14(3)12-26)19-22-11-17(27-19)15-6-5-7-16(10-15)25(20)18-21-9-8-13(2)23-18/h5-12,14,18,23H,4,20H2,1-3H3. The van der Waals surface area contributed by atoms with E-state index >= 15 is 0 Å². The minimum Gasteiger partial charge on any atom is -0.423 e. The van der Waals surface area contributed by atoms with Crippen LogP contribution < -0.4 is 21.1 Å². The van der Waals surface area contributed by atoms with E-state index in [9.17, 15) is 4.79 Å². The van der Waals surface area contributed by atoms with E-state index in [0.717, 1.165) is 23.2 Å². The van der Waals surface area contributed by atoms with Gasteiger partial charge in [0.1, 0.15) is 6.29 Å². The molecule has 2 aromatic rings. The largest absolute Gasteiger partial charge is 0.423 e. The van der Waals surface area contributed by atoms with Crippen LogP contribution in [0.1, 0.15) is 20.8 Å². The summed E-state index contributed by atoms with van der Waals surface area (Å²) in [6.07, 6.45) is 5.76. The van der Waals surface area contributed by atoms with Crippen molar-refractivity contribution in [3.8, 4) is 11.3 Å². The average molecular weight is 368 g/mol. The van der Waals surface area contributed by atoms with Gasteiger partial charge in [0, 0.05) is 24.0 Å². The Balaban J connectivity index is 1.83. The van der Waals surface area contributed by atoms with Gasteiger partial charge in [-0.15, -0.1) is 0 Å². The number of carbonyl (C=O) groups excluding carboxylic acids is 1. The molecule has 0 radical (unpaired) electrons. The number of hydrogen-bond donors (Lipinski definition) is 2. The van der Waals surface area contributed by atoms with Crippen molar-refractivity contribution in [1.29, 1.82) is 0 Å². The summed E-state index contributed by atoms with van der Waals surface area (Å²) in [4.78, 5) is 21.6. The summed E-state index contributed by atoms with van der Waals surface area (Å²) < 4.78 is 5.89. The zero-order valence-corrected chi connectivity index (χ0v) is 15.7. The summed E-state index contributed by atoms with van der Waals surface area (Å²) >= 11 is 0. The Labute approximate surface area is 158 Å². The summed E-state index contributed by atoms with van der Waals surface area (Å²) in [5.41, 5.74) is 2.61. The van der Waals surface area contributed by atoms with Gasteiger partial charge in [0.25, 0.3) is 6.01 Å². The van der Waals surface area contributed by atoms with Gasteiger partial charge in [0.2, 0.25) is 6.29 Å². The van der Waals surface area contributed by atoms with Crippen molar-refractivity contribution in [2.24, 2.45) is 10.8 Å². The van der Waals surface area contributed by atoms with Crippen LogP contribution in [0, 0.1) is 0 Å². The van der Waals surface area contributed by atoms with Gasteiger partial charge < -0.3 is 19.4 Å². The molecule has 27 heavy (non-hydrogen) atoms. The minimum absolute atomic E-state index is 0.307. The van der Waals surface area contributed by atoms with Crippen LogP contribution in [0.15, 0.2) is 51.6 Å². The van der Waals surface area contributed by atoms with Crippen LogP contribution in [-0.2, 0) is 4.79 Å². The van der Waals surface area contributed by atoms with Crippen LogP contribution in [0.3, 0.4) is 0 Å². The van der Waals surface area contributed by atoms with E-state index in [-0.39, 0.29) is 12.3 Å². The number of aldehydes is 1. The number of rotatable bonds is 7. The highest BCUT2D eigenvalue weighted by Crippen LogP contribution is 2.28. The number of aliphatic imine (C=N–C) groups is 1. The maximum absolute atomic E-state index is 11.1. The number of anilines is 2. The van der Waals surface area contributed by atoms with E-state index in [2.05, 4.69) is 15.3 Å². The molecular formula is C19H24N6O2. The molecule has 1 aliphatic heterocycles. The number of nitrogens with one attached hydrogen (secondary N) is 1. The third-order valence-corrected chi connectivity index (χ3v) is 4.37. The van der Waals surface area contributed by atoms with Gasteiger partial charge in [-0.2, -0.15) is 0 Å². The Hall–Kier alpha value is -3.13. The van der Waals surface area contributed by atoms with Gasteiger partial charge in [-0.25, -0.2) is 15.8 Å². The zero-order chi connectivity index (χ0) is 19.4. The van der Waals surface area contributed by atoms with Crippen molar-refractivity contribution < 1.29 is 9.21 Å². The summed E-state index contributed by atoms with van der Waals surface area (Å²) in [5, 5.41) is 4.76. The van der Waals surface area contributed by atoms with Gasteiger partial charge in [0.15, 0.2) is 5.76 Å². The molecule has 3 rings (SSSR count). The number of likely N-dealkylation sites (N-methyl/N-ethyl adjacent to an activating group) is 1. The van der Waals surface area contributed by atoms with Crippen LogP contribution in [0.25, 0.3) is 11.3 Å². The Kier molecular flexibility index (Phi) is 5.56. The molecule has 0 fully saturated rings. The highest BCUT2D eigenvalue weighted by molar-refractivity contribution is 5.73. The molecule has 142 valence electrons. The lowest BCUT2D eigenvalue weighted by Gasteiger charge is -2.29. The number of carbonyl (C=O) groups is 1. The second-order valence-electron chi connectivity index (χ2n) is 6.29. The molecular weight excluding hydrogens is 344 g/mol. The van der Waals surface area contributed by atoms with Crippen molar-refractivity contribution in [1.82, 2.24) is 10.3 Å². The predicted molar refractivity (Wildman–Crippen MR) is 106 cm³/mol. The molecule has 0 saturated carbocycles. The second-order valence-corrected chi connectivity index (χ2v) is 6.29. The fraction of sp³-hybridized carbons (Fsp3) is 0.316. The van der Waals surface area contributed by atoms with Crippen LogP contribution >= 0.6 is 0 Å². The highest BCUT2D eigenvalue weighted by Gasteiger charge is 2.19. The predicted octanol–water partition coefficient (Wildman–Crippen LogP) is 2.30. The maximum Gasteiger partial charge on any atom is 0.298 e. The first-order chi connectivity index (χ1) is 13.0. The smallest absolute Gasteiger partial charge is 0.298 e. The van der Waals surface area contributed by atoms with E-state index in [4.69, 9.17) is 10.3 Å². The van der Waals surface area contributed by atoms with Crippen LogP contribution in [0.4, 0.5) is 11.7 Å². The van der Waals surface area contributed by atoms with E-state index in [1.54, 1.807) is 29.2 Å². The van der Waals surface area contributed by atoms with E-state index in [1.807, 2.05) is 44.2 Å². The van der Waals surface area contributed by atoms with E-state index in [1.165, 1.54) is 0 Å². The van der Waals surface area contributed by atoms with Crippen molar-refractivity contribution >= 4 is 24.2 Å². The average Bonchev–Trinajstić information content (AvgIpc) is 3.17. The Morgan fingerprint density at radius 2 is 2.26 bits per heavy atom. The number of hydrogen-bond acceptors (Lipinski definition) is 8. The number of oxazole rings is 1. The fourth-order valence-electron chi connectivity index (χ4n) is 2.83. The summed E-state index contributed by atoms with van der Waals surface area (Å²) in [6.45, 7) is 6.33. The topological polar surface area (TPSA) is 100.0 Å². The van der Waals surface area contributed by atoms with Gasteiger partial charge in [-0.3, -0.25) is 5.01 Å². The molecule has 1 aromatic heterocycles. The summed E-state index contributed by atoms with van der Waals surface area (Å²) in [7, 11) is 0. The highest BCUT2D eigenvalue weighted by atomic mass is 16.4. The number of nitrogens with zero attached hydrogens (tertiary/aromatic N) is 4. The minimum atomic E-state index is -0.375. The van der Waals surface area contributed by atoms with Crippen molar-refractivity contribution in [3.05, 3.63) is 42.2 Å². The monoisotopic (exact) mass is 368 g/mol. The van der Waals surface area contributed by atoms with Crippen molar-refractivity contribution in [2.45, 2.75) is 33.1 Å². The Morgan fingerprint density at radius 3 is 2.96 bits per heavy atom. The number of benzene rings is 1. The fourth-order valence-corrected chi connectivity index (χ4v) is 2.83. The molecule has 8 nitrogen and oxygen atoms in total. The lowest BCUT2D eigenvalue weighted by atomic mass is 10.1. The first-order valence-electron chi connectivity index (χ1n) is 8.82. The lowest BCUT2D eigenvalue weighted by Crippen LogP contribution is -2.49. The molecule has 2 unspecified atom stereocenters. The van der Waals surface area contributed by atoms with Crippen LogP contribution in [0.5, 0.6) is 0 Å². The molecule has 1 aliphatic rings. The van der Waals surface area contributed by atoms with Crippen molar-refractivity contribution in [2.75, 3.05) is 16.5 Å². The summed E-state index contributed by atoms with van der Waals surface area (Å²) in [5.74, 6) is 6.85. The molecule has 8 heteroatoms. The van der Waals surface area contributed by atoms with Gasteiger partial charge in [-0.05, 0) is 39.0 Å². The molecule has 0 spiro atoms. The quantitative estimate of drug-likeness (QED) is 0.439. The zero-order valence-electron chi connectivity index (χ0n) is 15.7. The molecule has 2 heterocycles. The van der Waals surface area contributed by atoms with Gasteiger partial charge in [0.05, 0.1) is 17.9 Å². The number of nitrogens with two attached hydrogens (primary N) is 1. The first kappa shape index (κ1) is 18.7. The lowest BCUT2D eigenvalue weighted by molar-refractivity contribution is -0.108. The summed E-state index contributed by atoms with van der Waals surface area (Å²) in [6, 6.07) is 7.74. The second kappa shape index (κ2) is 8.05. The Morgan fingerprint density at radius 1 is 1.44 bits per heavy atom. The van der Waals surface area contributed by atoms with Gasteiger partial charge >= 0.3 is 0 Å². The molecule has 0 saturated heterocycles. The molecule has 2 atom stereocenters. The van der Waals surface area contributed by atoms with E-state index < -0.39 is 0 Å². The van der Waals surface area contributed by atoms with Gasteiger partial charge in [-0.1, -0.05) is 12.1 Å².